The van der Waals surface area contributed by atoms with Crippen LogP contribution in [0.1, 0.15) is 39.0 Å². The molecule has 0 bridgehead atoms. The van der Waals surface area contributed by atoms with Gasteiger partial charge in [0.25, 0.3) is 0 Å². The van der Waals surface area contributed by atoms with Crippen molar-refractivity contribution in [3.63, 3.8) is 0 Å². The summed E-state index contributed by atoms with van der Waals surface area (Å²) in [5.41, 5.74) is 0. The molecule has 1 saturated heterocycles. The molecule has 0 aromatic heterocycles. The van der Waals surface area contributed by atoms with E-state index in [-0.39, 0.29) is 0 Å². The second kappa shape index (κ2) is 5.15. The van der Waals surface area contributed by atoms with Gasteiger partial charge in [-0.1, -0.05) is 35.7 Å². The number of hydrogen-bond donors (Lipinski definition) is 0. The summed E-state index contributed by atoms with van der Waals surface area (Å²) >= 11 is 3.66. The highest BCUT2D eigenvalue weighted by atomic mass is 79.9. The first-order valence-corrected chi connectivity index (χ1v) is 5.52. The maximum Gasteiger partial charge on any atom is 0.0700 e. The number of halogens is 1. The molecule has 0 amide bonds. The maximum absolute atomic E-state index is 5.65. The molecule has 11 heavy (non-hydrogen) atoms. The molecule has 0 radical (unpaired) electrons. The quantitative estimate of drug-likeness (QED) is 0.665. The Kier molecular flexibility index (Phi) is 4.46. The zero-order valence-electron chi connectivity index (χ0n) is 7.18. The first-order chi connectivity index (χ1) is 5.34. The summed E-state index contributed by atoms with van der Waals surface area (Å²) in [4.78, 5) is 0.614. The molecule has 0 aliphatic carbocycles. The van der Waals surface area contributed by atoms with Crippen molar-refractivity contribution in [1.29, 1.82) is 0 Å². The van der Waals surface area contributed by atoms with Crippen LogP contribution in [0.5, 0.6) is 0 Å². The lowest BCUT2D eigenvalue weighted by Gasteiger charge is -2.27. The van der Waals surface area contributed by atoms with Crippen LogP contribution in [0.25, 0.3) is 0 Å². The van der Waals surface area contributed by atoms with Crippen molar-refractivity contribution in [2.45, 2.75) is 50.0 Å². The fourth-order valence-corrected chi connectivity index (χ4v) is 2.21. The van der Waals surface area contributed by atoms with Crippen molar-refractivity contribution < 1.29 is 4.74 Å². The van der Waals surface area contributed by atoms with Crippen LogP contribution in [0.3, 0.4) is 0 Å². The second-order valence-corrected chi connectivity index (χ2v) is 4.39. The van der Waals surface area contributed by atoms with E-state index in [4.69, 9.17) is 4.74 Å². The van der Waals surface area contributed by atoms with Crippen LogP contribution < -0.4 is 0 Å². The summed E-state index contributed by atoms with van der Waals surface area (Å²) in [7, 11) is 0. The van der Waals surface area contributed by atoms with E-state index in [1.807, 2.05) is 0 Å². The van der Waals surface area contributed by atoms with E-state index in [0.29, 0.717) is 10.9 Å². The van der Waals surface area contributed by atoms with Gasteiger partial charge in [-0.3, -0.25) is 0 Å². The Morgan fingerprint density at radius 1 is 1.55 bits per heavy atom. The molecule has 2 heteroatoms. The Balaban J connectivity index is 2.18. The predicted molar refractivity (Wildman–Crippen MR) is 51.2 cm³/mol. The van der Waals surface area contributed by atoms with Gasteiger partial charge in [0, 0.05) is 11.4 Å². The van der Waals surface area contributed by atoms with Gasteiger partial charge in [0.2, 0.25) is 0 Å². The Morgan fingerprint density at radius 2 is 2.36 bits per heavy atom. The lowest BCUT2D eigenvalue weighted by Crippen LogP contribution is -2.29. The topological polar surface area (TPSA) is 9.23 Å². The smallest absolute Gasteiger partial charge is 0.0700 e. The van der Waals surface area contributed by atoms with Crippen LogP contribution in [0.2, 0.25) is 0 Å². The average molecular weight is 221 g/mol. The normalized spacial score (nSPS) is 32.2. The summed E-state index contributed by atoms with van der Waals surface area (Å²) in [5, 5.41) is 0. The monoisotopic (exact) mass is 220 g/mol. The molecule has 0 spiro atoms. The Hall–Kier alpha value is 0.440. The molecular weight excluding hydrogens is 204 g/mol. The third-order valence-corrected chi connectivity index (χ3v) is 3.25. The number of ether oxygens (including phenoxy) is 1. The molecule has 1 rings (SSSR count). The van der Waals surface area contributed by atoms with E-state index in [1.54, 1.807) is 0 Å². The molecule has 1 fully saturated rings. The van der Waals surface area contributed by atoms with Crippen LogP contribution in [0.15, 0.2) is 0 Å². The SMILES string of the molecule is CCCC[C@@H]1OCCC[C@@H]1Br. The van der Waals surface area contributed by atoms with Crippen molar-refractivity contribution in [2.24, 2.45) is 0 Å². The van der Waals surface area contributed by atoms with E-state index in [2.05, 4.69) is 22.9 Å². The zero-order chi connectivity index (χ0) is 8.10. The number of rotatable bonds is 3. The molecule has 0 aromatic carbocycles. The van der Waals surface area contributed by atoms with Gasteiger partial charge < -0.3 is 4.74 Å². The summed E-state index contributed by atoms with van der Waals surface area (Å²) in [6.07, 6.45) is 6.80. The van der Waals surface area contributed by atoms with Crippen LogP contribution >= 0.6 is 15.9 Å². The first-order valence-electron chi connectivity index (χ1n) is 4.60. The Bertz CT molecular complexity index is 106. The lowest BCUT2D eigenvalue weighted by molar-refractivity contribution is 0.0166. The van der Waals surface area contributed by atoms with E-state index < -0.39 is 0 Å². The molecule has 1 heterocycles. The molecule has 0 saturated carbocycles. The van der Waals surface area contributed by atoms with Gasteiger partial charge in [-0.05, 0) is 19.3 Å². The van der Waals surface area contributed by atoms with Gasteiger partial charge in [0.1, 0.15) is 0 Å². The van der Waals surface area contributed by atoms with Crippen molar-refractivity contribution >= 4 is 15.9 Å². The fraction of sp³-hybridized carbons (Fsp3) is 1.00. The van der Waals surface area contributed by atoms with Crippen LogP contribution in [-0.2, 0) is 4.74 Å². The summed E-state index contributed by atoms with van der Waals surface area (Å²) < 4.78 is 5.65. The van der Waals surface area contributed by atoms with Crippen molar-refractivity contribution in [3.05, 3.63) is 0 Å². The van der Waals surface area contributed by atoms with Crippen molar-refractivity contribution in [1.82, 2.24) is 0 Å². The lowest BCUT2D eigenvalue weighted by atomic mass is 10.0. The molecule has 2 atom stereocenters. The molecule has 1 nitrogen and oxygen atoms in total. The molecule has 0 N–H and O–H groups in total. The number of unbranched alkanes of at least 4 members (excludes halogenated alkanes) is 1. The van der Waals surface area contributed by atoms with Gasteiger partial charge >= 0.3 is 0 Å². The molecule has 66 valence electrons. The summed E-state index contributed by atoms with van der Waals surface area (Å²) in [6.45, 7) is 3.20. The third-order valence-electron chi connectivity index (χ3n) is 2.20. The Morgan fingerprint density at radius 3 is 3.00 bits per heavy atom. The van der Waals surface area contributed by atoms with E-state index in [0.717, 1.165) is 6.61 Å². The molecule has 1 aliphatic rings. The second-order valence-electron chi connectivity index (χ2n) is 3.21. The standard InChI is InChI=1S/C9H17BrO/c1-2-3-6-9-8(10)5-4-7-11-9/h8-9H,2-7H2,1H3/t8-,9-/m0/s1. The van der Waals surface area contributed by atoms with Gasteiger partial charge in [-0.2, -0.15) is 0 Å². The number of alkyl halides is 1. The minimum Gasteiger partial charge on any atom is -0.377 e. The number of hydrogen-bond acceptors (Lipinski definition) is 1. The largest absolute Gasteiger partial charge is 0.377 e. The van der Waals surface area contributed by atoms with E-state index in [1.165, 1.54) is 32.1 Å². The predicted octanol–water partition coefficient (Wildman–Crippen LogP) is 3.12. The fourth-order valence-electron chi connectivity index (χ4n) is 1.47. The first kappa shape index (κ1) is 9.53. The Labute approximate surface area is 77.6 Å². The van der Waals surface area contributed by atoms with Gasteiger partial charge in [0.15, 0.2) is 0 Å². The van der Waals surface area contributed by atoms with Crippen LogP contribution in [0, 0.1) is 0 Å². The summed E-state index contributed by atoms with van der Waals surface area (Å²) in [6, 6.07) is 0. The van der Waals surface area contributed by atoms with Gasteiger partial charge in [0.05, 0.1) is 6.10 Å². The van der Waals surface area contributed by atoms with Crippen molar-refractivity contribution in [3.8, 4) is 0 Å². The summed E-state index contributed by atoms with van der Waals surface area (Å²) in [5.74, 6) is 0. The molecule has 0 unspecified atom stereocenters. The highest BCUT2D eigenvalue weighted by Gasteiger charge is 2.22. The van der Waals surface area contributed by atoms with E-state index in [9.17, 15) is 0 Å². The minimum absolute atomic E-state index is 0.490. The minimum atomic E-state index is 0.490. The molecule has 0 aromatic rings. The molecular formula is C9H17BrO. The average Bonchev–Trinajstić information content (AvgIpc) is 2.03. The van der Waals surface area contributed by atoms with Crippen LogP contribution in [0.4, 0.5) is 0 Å². The third kappa shape index (κ3) is 3.12. The van der Waals surface area contributed by atoms with Crippen molar-refractivity contribution in [2.75, 3.05) is 6.61 Å². The zero-order valence-corrected chi connectivity index (χ0v) is 8.77. The highest BCUT2D eigenvalue weighted by molar-refractivity contribution is 9.09. The van der Waals surface area contributed by atoms with Gasteiger partial charge in [-0.15, -0.1) is 0 Å². The van der Waals surface area contributed by atoms with Gasteiger partial charge in [-0.25, -0.2) is 0 Å². The van der Waals surface area contributed by atoms with Crippen LogP contribution in [-0.4, -0.2) is 17.5 Å². The maximum atomic E-state index is 5.65. The molecule has 1 aliphatic heterocycles. The highest BCUT2D eigenvalue weighted by Crippen LogP contribution is 2.24. The van der Waals surface area contributed by atoms with E-state index >= 15 is 0 Å².